The van der Waals surface area contributed by atoms with Gasteiger partial charge in [0.05, 0.1) is 5.92 Å². The molecule has 3 fully saturated rings. The molecule has 3 aromatic heterocycles. The second kappa shape index (κ2) is 8.15. The van der Waals surface area contributed by atoms with Gasteiger partial charge in [0.1, 0.15) is 22.9 Å². The quantitative estimate of drug-likeness (QED) is 0.680. The first-order valence-corrected chi connectivity index (χ1v) is 12.0. The molecular weight excluding hydrogens is 402 g/mol. The van der Waals surface area contributed by atoms with E-state index in [2.05, 4.69) is 14.9 Å². The molecule has 6 rings (SSSR count). The number of imidazole rings is 1. The van der Waals surface area contributed by atoms with Gasteiger partial charge in [0.25, 0.3) is 0 Å². The zero-order valence-electron chi connectivity index (χ0n) is 18.3. The number of hydrogen-bond donors (Lipinski definition) is 1. The van der Waals surface area contributed by atoms with Gasteiger partial charge in [-0.05, 0) is 56.7 Å². The van der Waals surface area contributed by atoms with Gasteiger partial charge in [-0.1, -0.05) is 6.42 Å². The Kier molecular flexibility index (Phi) is 5.00. The molecular formula is C24H29N7O. The molecule has 0 spiro atoms. The lowest BCUT2D eigenvalue weighted by molar-refractivity contribution is -0.134. The van der Waals surface area contributed by atoms with Crippen LogP contribution in [0.15, 0.2) is 24.4 Å². The Balaban J connectivity index is 1.22. The molecule has 8 heteroatoms. The van der Waals surface area contributed by atoms with Crippen LogP contribution in [0.4, 0.5) is 5.82 Å². The summed E-state index contributed by atoms with van der Waals surface area (Å²) in [4.78, 5) is 39.4. The van der Waals surface area contributed by atoms with Gasteiger partial charge in [-0.25, -0.2) is 19.9 Å². The van der Waals surface area contributed by atoms with E-state index in [1.54, 1.807) is 0 Å². The van der Waals surface area contributed by atoms with Gasteiger partial charge in [0, 0.05) is 38.3 Å². The van der Waals surface area contributed by atoms with Gasteiger partial charge in [-0.15, -0.1) is 0 Å². The van der Waals surface area contributed by atoms with E-state index in [0.717, 1.165) is 86.2 Å². The number of carbonyl (C=O) groups excluding carboxylic acids is 1. The van der Waals surface area contributed by atoms with Crippen molar-refractivity contribution in [2.45, 2.75) is 50.9 Å². The van der Waals surface area contributed by atoms with Crippen molar-refractivity contribution < 1.29 is 4.79 Å². The number of amides is 1. The average molecular weight is 432 g/mol. The Labute approximate surface area is 187 Å². The molecule has 2 saturated heterocycles. The number of aromatic nitrogens is 5. The fourth-order valence-corrected chi connectivity index (χ4v) is 5.13. The molecule has 32 heavy (non-hydrogen) atoms. The minimum absolute atomic E-state index is 0.0719. The van der Waals surface area contributed by atoms with Gasteiger partial charge in [0.2, 0.25) is 5.91 Å². The maximum atomic E-state index is 12.9. The highest BCUT2D eigenvalue weighted by atomic mass is 16.2. The summed E-state index contributed by atoms with van der Waals surface area (Å²) in [6.45, 7) is 3.51. The third kappa shape index (κ3) is 3.61. The molecule has 1 N–H and O–H groups in total. The molecule has 1 amide bonds. The zero-order chi connectivity index (χ0) is 21.5. The summed E-state index contributed by atoms with van der Waals surface area (Å²) in [6, 6.07) is 5.94. The number of likely N-dealkylation sites (tertiary alicyclic amines) is 1. The molecule has 3 aromatic rings. The number of hydrogen-bond acceptors (Lipinski definition) is 6. The Morgan fingerprint density at radius 1 is 0.938 bits per heavy atom. The van der Waals surface area contributed by atoms with E-state index < -0.39 is 0 Å². The number of piperidine rings is 1. The minimum atomic E-state index is 0.0719. The number of rotatable bonds is 4. The molecule has 0 radical (unpaired) electrons. The number of pyridine rings is 1. The van der Waals surface area contributed by atoms with Crippen LogP contribution in [0.25, 0.3) is 22.7 Å². The van der Waals surface area contributed by atoms with Crippen molar-refractivity contribution in [3.05, 3.63) is 30.2 Å². The van der Waals surface area contributed by atoms with Crippen molar-refractivity contribution >= 4 is 22.9 Å². The number of nitrogens with one attached hydrogen (secondary N) is 1. The van der Waals surface area contributed by atoms with E-state index in [9.17, 15) is 4.79 Å². The summed E-state index contributed by atoms with van der Waals surface area (Å²) >= 11 is 0. The van der Waals surface area contributed by atoms with Crippen LogP contribution in [0.1, 0.15) is 56.7 Å². The van der Waals surface area contributed by atoms with E-state index in [1.807, 2.05) is 29.3 Å². The van der Waals surface area contributed by atoms with Crippen LogP contribution >= 0.6 is 0 Å². The van der Waals surface area contributed by atoms with Gasteiger partial charge in [-0.2, -0.15) is 0 Å². The number of anilines is 1. The third-order valence-electron chi connectivity index (χ3n) is 7.23. The smallest absolute Gasteiger partial charge is 0.227 e. The van der Waals surface area contributed by atoms with E-state index in [0.29, 0.717) is 11.8 Å². The van der Waals surface area contributed by atoms with Crippen molar-refractivity contribution in [1.29, 1.82) is 0 Å². The maximum absolute atomic E-state index is 12.9. The molecule has 1 saturated carbocycles. The first kappa shape index (κ1) is 19.6. The first-order chi connectivity index (χ1) is 15.7. The predicted octanol–water partition coefficient (Wildman–Crippen LogP) is 3.52. The maximum Gasteiger partial charge on any atom is 0.227 e. The molecule has 5 heterocycles. The van der Waals surface area contributed by atoms with Crippen LogP contribution in [0.3, 0.4) is 0 Å². The highest BCUT2D eigenvalue weighted by Crippen LogP contribution is 2.34. The van der Waals surface area contributed by atoms with Crippen LogP contribution in [0, 0.1) is 5.92 Å². The minimum Gasteiger partial charge on any atom is -0.356 e. The molecule has 0 bridgehead atoms. The second-order valence-electron chi connectivity index (χ2n) is 9.37. The largest absolute Gasteiger partial charge is 0.356 e. The molecule has 166 valence electrons. The average Bonchev–Trinajstić information content (AvgIpc) is 3.47. The number of carbonyl (C=O) groups is 1. The van der Waals surface area contributed by atoms with Crippen LogP contribution in [0.5, 0.6) is 0 Å². The first-order valence-electron chi connectivity index (χ1n) is 12.0. The van der Waals surface area contributed by atoms with Crippen molar-refractivity contribution in [2.24, 2.45) is 5.92 Å². The highest BCUT2D eigenvalue weighted by molar-refractivity contribution is 5.80. The highest BCUT2D eigenvalue weighted by Gasteiger charge is 2.31. The van der Waals surface area contributed by atoms with Gasteiger partial charge >= 0.3 is 0 Å². The molecule has 0 aromatic carbocycles. The number of aromatic amines is 1. The summed E-state index contributed by atoms with van der Waals surface area (Å²) in [6.07, 6.45) is 9.69. The summed E-state index contributed by atoms with van der Waals surface area (Å²) in [5.74, 6) is 3.44. The number of nitrogens with zero attached hydrogens (tertiary/aromatic N) is 6. The Morgan fingerprint density at radius 2 is 1.81 bits per heavy atom. The number of fused-ring (bicyclic) bond motifs is 1. The third-order valence-corrected chi connectivity index (χ3v) is 7.23. The summed E-state index contributed by atoms with van der Waals surface area (Å²) in [5, 5.41) is 0. The van der Waals surface area contributed by atoms with Gasteiger partial charge in [-0.3, -0.25) is 4.79 Å². The lowest BCUT2D eigenvalue weighted by Gasteiger charge is -2.34. The summed E-state index contributed by atoms with van der Waals surface area (Å²) < 4.78 is 0. The van der Waals surface area contributed by atoms with Crippen LogP contribution in [0.2, 0.25) is 0 Å². The molecule has 1 aliphatic carbocycles. The lowest BCUT2D eigenvalue weighted by Crippen LogP contribution is -2.44. The monoisotopic (exact) mass is 431 g/mol. The van der Waals surface area contributed by atoms with E-state index in [-0.39, 0.29) is 5.92 Å². The molecule has 3 aliphatic rings. The van der Waals surface area contributed by atoms with Crippen LogP contribution in [-0.2, 0) is 4.79 Å². The fourth-order valence-electron chi connectivity index (χ4n) is 5.13. The lowest BCUT2D eigenvalue weighted by atomic mass is 9.85. The zero-order valence-corrected chi connectivity index (χ0v) is 18.3. The van der Waals surface area contributed by atoms with Crippen molar-refractivity contribution in [3.8, 4) is 11.5 Å². The van der Waals surface area contributed by atoms with E-state index in [1.165, 1.54) is 19.3 Å². The van der Waals surface area contributed by atoms with Crippen LogP contribution < -0.4 is 4.90 Å². The Bertz CT molecular complexity index is 1130. The van der Waals surface area contributed by atoms with E-state index in [4.69, 9.17) is 15.0 Å². The second-order valence-corrected chi connectivity index (χ2v) is 9.37. The molecule has 8 nitrogen and oxygen atoms in total. The SMILES string of the molecule is O=C([C@@H]1CCCN(c2ccc3nc(-c4ccnc(C5CCC5)n4)[nH]c3n2)C1)N1CCCC1. The van der Waals surface area contributed by atoms with Crippen molar-refractivity contribution in [3.63, 3.8) is 0 Å². The fraction of sp³-hybridized carbons (Fsp3) is 0.542. The van der Waals surface area contributed by atoms with Crippen molar-refractivity contribution in [2.75, 3.05) is 31.1 Å². The number of H-pyrrole nitrogens is 1. The molecule has 1 atom stereocenters. The molecule has 0 unspecified atom stereocenters. The summed E-state index contributed by atoms with van der Waals surface area (Å²) in [7, 11) is 0. The van der Waals surface area contributed by atoms with Gasteiger partial charge in [0.15, 0.2) is 11.5 Å². The topological polar surface area (TPSA) is 90.9 Å². The van der Waals surface area contributed by atoms with Gasteiger partial charge < -0.3 is 14.8 Å². The normalized spacial score (nSPS) is 21.8. The van der Waals surface area contributed by atoms with E-state index >= 15 is 0 Å². The standard InChI is InChI=1S/C24H29N7O/c32-24(30-12-1-2-13-30)17-7-4-14-31(15-17)20-9-8-18-23(28-20)29-22(27-18)19-10-11-25-21(26-19)16-5-3-6-16/h8-11,16-17H,1-7,12-15H2,(H,27,28,29)/t17-/m1/s1. The van der Waals surface area contributed by atoms with Crippen molar-refractivity contribution in [1.82, 2.24) is 29.8 Å². The summed E-state index contributed by atoms with van der Waals surface area (Å²) in [5.41, 5.74) is 2.40. The Morgan fingerprint density at radius 3 is 2.62 bits per heavy atom. The van der Waals surface area contributed by atoms with Crippen LogP contribution in [-0.4, -0.2) is 61.9 Å². The predicted molar refractivity (Wildman–Crippen MR) is 122 cm³/mol. The Hall–Kier alpha value is -3.03. The molecule has 2 aliphatic heterocycles.